The van der Waals surface area contributed by atoms with E-state index in [9.17, 15) is 14.4 Å². The number of hydrogen-bond acceptors (Lipinski definition) is 10. The van der Waals surface area contributed by atoms with E-state index < -0.39 is 41.7 Å². The molecule has 3 heterocycles. The second-order valence-electron chi connectivity index (χ2n) is 7.66. The van der Waals surface area contributed by atoms with Gasteiger partial charge in [0.1, 0.15) is 5.75 Å². The maximum Gasteiger partial charge on any atom is 0.303 e. The van der Waals surface area contributed by atoms with Crippen molar-refractivity contribution in [2.24, 2.45) is 7.05 Å². The lowest BCUT2D eigenvalue weighted by Crippen LogP contribution is -2.55. The van der Waals surface area contributed by atoms with Gasteiger partial charge in [0.05, 0.1) is 17.6 Å². The van der Waals surface area contributed by atoms with Gasteiger partial charge in [-0.05, 0) is 26.0 Å². The summed E-state index contributed by atoms with van der Waals surface area (Å²) < 4.78 is 24.0. The normalized spacial score (nSPS) is 22.4. The molecule has 2 aromatic heterocycles. The molecule has 11 heteroatoms. The van der Waals surface area contributed by atoms with E-state index in [1.807, 2.05) is 27.0 Å². The molecule has 0 N–H and O–H groups in total. The molecule has 0 saturated carbocycles. The molecule has 3 rings (SSSR count). The van der Waals surface area contributed by atoms with Crippen LogP contribution in [0.5, 0.6) is 5.75 Å². The van der Waals surface area contributed by atoms with Gasteiger partial charge in [-0.1, -0.05) is 0 Å². The molecule has 0 spiro atoms. The van der Waals surface area contributed by atoms with Crippen molar-refractivity contribution in [2.45, 2.75) is 58.4 Å². The van der Waals surface area contributed by atoms with Crippen molar-refractivity contribution in [2.75, 3.05) is 5.75 Å². The van der Waals surface area contributed by atoms with Gasteiger partial charge in [-0.15, -0.1) is 11.8 Å². The molecule has 2 aromatic rings. The quantitative estimate of drug-likeness (QED) is 0.453. The minimum absolute atomic E-state index is 0.291. The summed E-state index contributed by atoms with van der Waals surface area (Å²) in [6, 6.07) is 3.59. The molecule has 0 bridgehead atoms. The van der Waals surface area contributed by atoms with E-state index >= 15 is 0 Å². The second-order valence-corrected chi connectivity index (χ2v) is 8.80. The molecule has 1 aliphatic heterocycles. The molecule has 1 fully saturated rings. The van der Waals surface area contributed by atoms with Crippen LogP contribution in [0.1, 0.15) is 32.2 Å². The van der Waals surface area contributed by atoms with E-state index in [2.05, 4.69) is 10.1 Å². The number of pyridine rings is 1. The van der Waals surface area contributed by atoms with Crippen LogP contribution in [0.4, 0.5) is 0 Å². The average Bonchev–Trinajstić information content (AvgIpc) is 2.97. The third-order valence-electron chi connectivity index (χ3n) is 5.06. The molecule has 10 nitrogen and oxygen atoms in total. The second kappa shape index (κ2) is 10.2. The Morgan fingerprint density at radius 3 is 2.15 bits per heavy atom. The summed E-state index contributed by atoms with van der Waals surface area (Å²) in [7, 11) is 1.88. The topological polar surface area (TPSA) is 119 Å². The fourth-order valence-corrected chi connectivity index (χ4v) is 4.90. The van der Waals surface area contributed by atoms with Crippen LogP contribution in [0.2, 0.25) is 0 Å². The molecule has 4 atom stereocenters. The Labute approximate surface area is 195 Å². The zero-order valence-electron chi connectivity index (χ0n) is 19.4. The smallest absolute Gasteiger partial charge is 0.303 e. The zero-order valence-corrected chi connectivity index (χ0v) is 20.2. The van der Waals surface area contributed by atoms with Crippen molar-refractivity contribution < 1.29 is 33.3 Å². The van der Waals surface area contributed by atoms with Gasteiger partial charge in [0, 0.05) is 44.8 Å². The molecule has 0 radical (unpaired) electrons. The minimum Gasteiger partial charge on any atom is -0.474 e. The Hall–Kier alpha value is -3.08. The zero-order chi connectivity index (χ0) is 24.3. The number of aryl methyl sites for hydroxylation is 2. The summed E-state index contributed by atoms with van der Waals surface area (Å²) in [4.78, 5) is 39.5. The lowest BCUT2D eigenvalue weighted by Gasteiger charge is -2.39. The number of ether oxygens (including phenoxy) is 4. The molecule has 1 saturated heterocycles. The van der Waals surface area contributed by atoms with Gasteiger partial charge in [-0.25, -0.2) is 0 Å². The standard InChI is InChI=1S/C22H27N3O7S/c1-11-19(12(2)25(6)24-11)17-8-7-16(9-23-17)32-22-21(31-15(5)28)20(30-14(4)27)18(10-33-22)29-13(3)26/h7-9,18,20-22H,10H2,1-6H3/t18-,20+,21-,22+/m1/s1. The Bertz CT molecular complexity index is 1040. The Morgan fingerprint density at radius 1 is 1.00 bits per heavy atom. The highest BCUT2D eigenvalue weighted by atomic mass is 32.2. The van der Waals surface area contributed by atoms with Crippen LogP contribution >= 0.6 is 11.8 Å². The van der Waals surface area contributed by atoms with Gasteiger partial charge in [0.25, 0.3) is 0 Å². The van der Waals surface area contributed by atoms with Crippen molar-refractivity contribution in [3.63, 3.8) is 0 Å². The highest BCUT2D eigenvalue weighted by molar-refractivity contribution is 7.99. The van der Waals surface area contributed by atoms with E-state index in [4.69, 9.17) is 18.9 Å². The third-order valence-corrected chi connectivity index (χ3v) is 6.27. The Balaban J connectivity index is 1.83. The average molecular weight is 478 g/mol. The SMILES string of the molecule is CC(=O)O[C@@H]1[C@@H](OC(C)=O)[C@@H](Oc2ccc(-c3c(C)nn(C)c3C)nc2)SC[C@H]1OC(C)=O. The largest absolute Gasteiger partial charge is 0.474 e. The summed E-state index contributed by atoms with van der Waals surface area (Å²) in [6.07, 6.45) is -1.20. The van der Waals surface area contributed by atoms with E-state index in [1.54, 1.807) is 16.9 Å². The number of thioether (sulfide) groups is 1. The van der Waals surface area contributed by atoms with Crippen LogP contribution < -0.4 is 4.74 Å². The number of aromatic nitrogens is 3. The first kappa shape index (κ1) is 24.6. The van der Waals surface area contributed by atoms with Crippen molar-refractivity contribution in [1.82, 2.24) is 14.8 Å². The van der Waals surface area contributed by atoms with Gasteiger partial charge >= 0.3 is 17.9 Å². The van der Waals surface area contributed by atoms with Crippen LogP contribution in [-0.2, 0) is 35.6 Å². The fraction of sp³-hybridized carbons (Fsp3) is 0.500. The van der Waals surface area contributed by atoms with Crippen LogP contribution in [0.3, 0.4) is 0 Å². The molecule has 0 aromatic carbocycles. The molecule has 0 unspecified atom stereocenters. The molecule has 1 aliphatic rings. The summed E-state index contributed by atoms with van der Waals surface area (Å²) >= 11 is 1.29. The lowest BCUT2D eigenvalue weighted by molar-refractivity contribution is -0.186. The van der Waals surface area contributed by atoms with E-state index in [1.165, 1.54) is 32.5 Å². The first-order chi connectivity index (χ1) is 15.6. The van der Waals surface area contributed by atoms with Crippen LogP contribution in [-0.4, -0.2) is 62.2 Å². The summed E-state index contributed by atoms with van der Waals surface area (Å²) in [5, 5.41) is 4.42. The van der Waals surface area contributed by atoms with Crippen molar-refractivity contribution in [1.29, 1.82) is 0 Å². The Morgan fingerprint density at radius 2 is 1.64 bits per heavy atom. The first-order valence-corrected chi connectivity index (χ1v) is 11.4. The molecular formula is C22H27N3O7S. The fourth-order valence-electron chi connectivity index (χ4n) is 3.69. The van der Waals surface area contributed by atoms with E-state index in [-0.39, 0.29) is 0 Å². The number of nitrogens with zero attached hydrogens (tertiary/aromatic N) is 3. The maximum absolute atomic E-state index is 11.8. The number of carbonyl (C=O) groups excluding carboxylic acids is 3. The van der Waals surface area contributed by atoms with Gasteiger partial charge in [-0.2, -0.15) is 5.10 Å². The van der Waals surface area contributed by atoms with Gasteiger partial charge in [0.15, 0.2) is 23.7 Å². The van der Waals surface area contributed by atoms with E-state index in [0.717, 1.165) is 22.6 Å². The Kier molecular flexibility index (Phi) is 7.62. The summed E-state index contributed by atoms with van der Waals surface area (Å²) in [6.45, 7) is 7.64. The maximum atomic E-state index is 11.8. The van der Waals surface area contributed by atoms with Crippen LogP contribution in [0.25, 0.3) is 11.3 Å². The number of carbonyl (C=O) groups is 3. The van der Waals surface area contributed by atoms with Crippen LogP contribution in [0, 0.1) is 13.8 Å². The molecule has 33 heavy (non-hydrogen) atoms. The molecule has 0 aliphatic carbocycles. The molecule has 0 amide bonds. The van der Waals surface area contributed by atoms with E-state index in [0.29, 0.717) is 11.5 Å². The highest BCUT2D eigenvalue weighted by Crippen LogP contribution is 2.34. The highest BCUT2D eigenvalue weighted by Gasteiger charge is 2.47. The van der Waals surface area contributed by atoms with Gasteiger partial charge in [0.2, 0.25) is 0 Å². The number of hydrogen-bond donors (Lipinski definition) is 0. The summed E-state index contributed by atoms with van der Waals surface area (Å²) in [5.41, 5.74) is 2.86. The first-order valence-electron chi connectivity index (χ1n) is 10.3. The lowest BCUT2D eigenvalue weighted by atomic mass is 10.1. The summed E-state index contributed by atoms with van der Waals surface area (Å²) in [5.74, 6) is -0.960. The predicted octanol–water partition coefficient (Wildman–Crippen LogP) is 2.35. The molecule has 178 valence electrons. The molecular weight excluding hydrogens is 450 g/mol. The number of esters is 3. The van der Waals surface area contributed by atoms with Crippen molar-refractivity contribution in [3.8, 4) is 17.0 Å². The predicted molar refractivity (Wildman–Crippen MR) is 119 cm³/mol. The monoisotopic (exact) mass is 477 g/mol. The van der Waals surface area contributed by atoms with Crippen molar-refractivity contribution in [3.05, 3.63) is 29.7 Å². The minimum atomic E-state index is -1.01. The van der Waals surface area contributed by atoms with Crippen LogP contribution in [0.15, 0.2) is 18.3 Å². The van der Waals surface area contributed by atoms with Gasteiger partial charge in [-0.3, -0.25) is 24.0 Å². The van der Waals surface area contributed by atoms with Crippen molar-refractivity contribution >= 4 is 29.7 Å². The van der Waals surface area contributed by atoms with Gasteiger partial charge < -0.3 is 18.9 Å². The third kappa shape index (κ3) is 5.84. The number of rotatable bonds is 6.